The van der Waals surface area contributed by atoms with Gasteiger partial charge in [0, 0.05) is 43.5 Å². The lowest BCUT2D eigenvalue weighted by molar-refractivity contribution is 0.00502. The van der Waals surface area contributed by atoms with Gasteiger partial charge in [-0.25, -0.2) is 19.6 Å². The molecular formula is C34H46ClN9O4. The molecule has 6 rings (SSSR count). The highest BCUT2D eigenvalue weighted by atomic mass is 35.5. The van der Waals surface area contributed by atoms with E-state index in [1.807, 2.05) is 45.2 Å². The first-order valence-corrected chi connectivity index (χ1v) is 17.3. The molecule has 3 aromatic heterocycles. The van der Waals surface area contributed by atoms with Crippen LogP contribution in [-0.2, 0) is 16.0 Å². The molecule has 0 unspecified atom stereocenters. The molecule has 2 aliphatic rings. The molecule has 4 aromatic rings. The molecule has 4 heterocycles. The molecule has 1 aliphatic heterocycles. The lowest BCUT2D eigenvalue weighted by Crippen LogP contribution is -2.45. The number of nitrogens with zero attached hydrogens (tertiary/aromatic N) is 8. The van der Waals surface area contributed by atoms with Crippen molar-refractivity contribution < 1.29 is 18.9 Å². The maximum absolute atomic E-state index is 6.47. The van der Waals surface area contributed by atoms with Crippen molar-refractivity contribution in [2.45, 2.75) is 83.7 Å². The van der Waals surface area contributed by atoms with Crippen LogP contribution >= 0.6 is 11.6 Å². The first-order valence-electron chi connectivity index (χ1n) is 16.9. The van der Waals surface area contributed by atoms with E-state index < -0.39 is 0 Å². The van der Waals surface area contributed by atoms with Crippen molar-refractivity contribution >= 4 is 23.2 Å². The molecule has 0 amide bonds. The first kappa shape index (κ1) is 34.1. The van der Waals surface area contributed by atoms with Gasteiger partial charge >= 0.3 is 0 Å². The van der Waals surface area contributed by atoms with E-state index >= 15 is 0 Å². The molecule has 0 spiro atoms. The third kappa shape index (κ3) is 9.22. The molecule has 1 aliphatic carbocycles. The largest absolute Gasteiger partial charge is 0.487 e. The predicted octanol–water partition coefficient (Wildman–Crippen LogP) is 5.81. The summed E-state index contributed by atoms with van der Waals surface area (Å²) in [5, 5.41) is 12.9. The topological polar surface area (TPSA) is 127 Å². The van der Waals surface area contributed by atoms with Gasteiger partial charge in [-0.05, 0) is 64.2 Å². The summed E-state index contributed by atoms with van der Waals surface area (Å²) in [5.74, 6) is 1.58. The van der Waals surface area contributed by atoms with Gasteiger partial charge in [-0.3, -0.25) is 9.58 Å². The monoisotopic (exact) mass is 679 g/mol. The lowest BCUT2D eigenvalue weighted by Gasteiger charge is -2.38. The molecule has 13 nitrogen and oxygen atoms in total. The maximum atomic E-state index is 6.47. The van der Waals surface area contributed by atoms with Gasteiger partial charge in [0.1, 0.15) is 30.2 Å². The van der Waals surface area contributed by atoms with Gasteiger partial charge in [0.2, 0.25) is 5.95 Å². The number of halogens is 1. The normalized spacial score (nSPS) is 19.4. The van der Waals surface area contributed by atoms with E-state index in [4.69, 9.17) is 35.6 Å². The summed E-state index contributed by atoms with van der Waals surface area (Å²) < 4.78 is 27.3. The number of aromatic nitrogens is 7. The van der Waals surface area contributed by atoms with Crippen molar-refractivity contribution in [3.63, 3.8) is 0 Å². The van der Waals surface area contributed by atoms with E-state index in [2.05, 4.69) is 34.9 Å². The zero-order valence-corrected chi connectivity index (χ0v) is 28.8. The second-order valence-electron chi connectivity index (χ2n) is 12.7. The van der Waals surface area contributed by atoms with E-state index in [1.165, 1.54) is 6.33 Å². The van der Waals surface area contributed by atoms with Crippen LogP contribution in [0.3, 0.4) is 0 Å². The third-order valence-electron chi connectivity index (χ3n) is 8.68. The van der Waals surface area contributed by atoms with Crippen LogP contribution in [0, 0.1) is 0 Å². The van der Waals surface area contributed by atoms with Crippen molar-refractivity contribution in [3.8, 4) is 22.8 Å². The Bertz CT molecular complexity index is 1550. The highest BCUT2D eigenvalue weighted by molar-refractivity contribution is 6.32. The lowest BCUT2D eigenvalue weighted by atomic mass is 9.90. The van der Waals surface area contributed by atoms with Crippen LogP contribution in [0.2, 0.25) is 5.02 Å². The fourth-order valence-electron chi connectivity index (χ4n) is 6.21. The van der Waals surface area contributed by atoms with Crippen LogP contribution < -0.4 is 14.8 Å². The van der Waals surface area contributed by atoms with Crippen molar-refractivity contribution in [2.75, 3.05) is 44.8 Å². The van der Waals surface area contributed by atoms with Gasteiger partial charge in [-0.2, -0.15) is 5.10 Å². The molecule has 1 atom stereocenters. The van der Waals surface area contributed by atoms with Gasteiger partial charge in [-0.15, -0.1) is 5.10 Å². The highest BCUT2D eigenvalue weighted by Gasteiger charge is 2.29. The number of rotatable bonds is 15. The highest BCUT2D eigenvalue weighted by Crippen LogP contribution is 2.35. The molecule has 0 bridgehead atoms. The second kappa shape index (κ2) is 16.6. The zero-order valence-electron chi connectivity index (χ0n) is 28.0. The minimum atomic E-state index is -0.165. The fourth-order valence-corrected chi connectivity index (χ4v) is 6.37. The Kier molecular flexibility index (Phi) is 11.8. The molecule has 1 saturated heterocycles. The Hall–Kier alpha value is -3.78. The minimum absolute atomic E-state index is 0.165. The summed E-state index contributed by atoms with van der Waals surface area (Å²) >= 11 is 6.47. The summed E-state index contributed by atoms with van der Waals surface area (Å²) in [4.78, 5) is 15.8. The van der Waals surface area contributed by atoms with Crippen LogP contribution in [0.25, 0.3) is 11.1 Å². The molecule has 48 heavy (non-hydrogen) atoms. The Morgan fingerprint density at radius 2 is 1.77 bits per heavy atom. The average Bonchev–Trinajstić information content (AvgIpc) is 3.76. The SMILES string of the molecule is CC(C)OCCCOc1nn(C2CCC(N3CCOCC3)CC2)cc1Nc1ncc(-c2ccc(Cl)c(O[C@@H](C)Cn3cncn3)c2)cn1. The number of hydrogen-bond acceptors (Lipinski definition) is 11. The Labute approximate surface area is 286 Å². The standard InChI is InChI=1S/C34H46ClN9O4/c1-24(2)46-13-4-14-47-33-31(21-44(41-33)29-8-6-28(7-9-29)42-11-15-45-16-12-42)40-34-37-18-27(19-38-34)26-5-10-30(35)32(17-26)48-25(3)20-43-23-36-22-39-43/h5,10,17-19,21-25,28-29H,4,6-9,11-16,20H2,1-3H3,(H,37,38,40)/t25-,28?,29?/m0/s1. The smallest absolute Gasteiger partial charge is 0.256 e. The third-order valence-corrected chi connectivity index (χ3v) is 8.99. The number of morpholine rings is 1. The molecule has 0 radical (unpaired) electrons. The molecular weight excluding hydrogens is 634 g/mol. The van der Waals surface area contributed by atoms with Gasteiger partial charge in [-0.1, -0.05) is 17.7 Å². The van der Waals surface area contributed by atoms with Crippen molar-refractivity contribution in [1.82, 2.24) is 39.4 Å². The predicted molar refractivity (Wildman–Crippen MR) is 183 cm³/mol. The van der Waals surface area contributed by atoms with Gasteiger partial charge in [0.25, 0.3) is 5.88 Å². The molecule has 14 heteroatoms. The van der Waals surface area contributed by atoms with Crippen molar-refractivity contribution in [3.05, 3.63) is 54.5 Å². The molecule has 1 aromatic carbocycles. The number of benzene rings is 1. The molecule has 2 fully saturated rings. The number of ether oxygens (including phenoxy) is 4. The average molecular weight is 680 g/mol. The van der Waals surface area contributed by atoms with Gasteiger partial charge in [0.15, 0.2) is 0 Å². The Morgan fingerprint density at radius 3 is 2.50 bits per heavy atom. The Balaban J connectivity index is 1.11. The summed E-state index contributed by atoms with van der Waals surface area (Å²) in [6.45, 7) is 11.4. The van der Waals surface area contributed by atoms with E-state index in [9.17, 15) is 0 Å². The summed E-state index contributed by atoms with van der Waals surface area (Å²) in [5.41, 5.74) is 2.47. The summed E-state index contributed by atoms with van der Waals surface area (Å²) in [6.07, 6.45) is 14.0. The fraction of sp³-hybridized carbons (Fsp3) is 0.559. The molecule has 258 valence electrons. The zero-order chi connectivity index (χ0) is 33.3. The van der Waals surface area contributed by atoms with Crippen LogP contribution in [-0.4, -0.2) is 97.2 Å². The summed E-state index contributed by atoms with van der Waals surface area (Å²) in [7, 11) is 0. The maximum Gasteiger partial charge on any atom is 0.256 e. The van der Waals surface area contributed by atoms with E-state index in [0.717, 1.165) is 75.2 Å². The minimum Gasteiger partial charge on any atom is -0.487 e. The van der Waals surface area contributed by atoms with Crippen LogP contribution in [0.15, 0.2) is 49.4 Å². The quantitative estimate of drug-likeness (QED) is 0.153. The number of hydrogen-bond donors (Lipinski definition) is 1. The van der Waals surface area contributed by atoms with E-state index in [1.54, 1.807) is 23.4 Å². The van der Waals surface area contributed by atoms with Gasteiger partial charge < -0.3 is 24.3 Å². The number of nitrogens with one attached hydrogen (secondary N) is 1. The van der Waals surface area contributed by atoms with E-state index in [-0.39, 0.29) is 12.2 Å². The Morgan fingerprint density at radius 1 is 1.00 bits per heavy atom. The van der Waals surface area contributed by atoms with Gasteiger partial charge in [0.05, 0.1) is 56.3 Å². The van der Waals surface area contributed by atoms with Crippen LogP contribution in [0.4, 0.5) is 11.6 Å². The van der Waals surface area contributed by atoms with E-state index in [0.29, 0.717) is 54.4 Å². The number of anilines is 2. The second-order valence-corrected chi connectivity index (χ2v) is 13.1. The van der Waals surface area contributed by atoms with Crippen LogP contribution in [0.5, 0.6) is 11.6 Å². The van der Waals surface area contributed by atoms with Crippen LogP contribution in [0.1, 0.15) is 58.9 Å². The first-order chi connectivity index (χ1) is 23.4. The van der Waals surface area contributed by atoms with Crippen molar-refractivity contribution in [1.29, 1.82) is 0 Å². The molecule has 1 N–H and O–H groups in total. The summed E-state index contributed by atoms with van der Waals surface area (Å²) in [6, 6.07) is 6.58. The van der Waals surface area contributed by atoms with Crippen molar-refractivity contribution in [2.24, 2.45) is 0 Å². The molecule has 1 saturated carbocycles.